The van der Waals surface area contributed by atoms with Crippen molar-refractivity contribution in [1.82, 2.24) is 0 Å². The number of ether oxygens (including phenoxy) is 1. The van der Waals surface area contributed by atoms with Crippen LogP contribution >= 0.6 is 0 Å². The minimum Gasteiger partial charge on any atom is -0.381 e. The molecule has 0 heterocycles. The van der Waals surface area contributed by atoms with E-state index in [1.807, 2.05) is 0 Å². The summed E-state index contributed by atoms with van der Waals surface area (Å²) >= 11 is 0.750. The fraction of sp³-hybridized carbons (Fsp3) is 1.00. The Labute approximate surface area is 136 Å². The van der Waals surface area contributed by atoms with Crippen LogP contribution in [0.5, 0.6) is 0 Å². The van der Waals surface area contributed by atoms with Crippen molar-refractivity contribution in [3.05, 3.63) is 0 Å². The van der Waals surface area contributed by atoms with Crippen molar-refractivity contribution in [3.63, 3.8) is 0 Å². The molecule has 0 saturated carbocycles. The van der Waals surface area contributed by atoms with E-state index in [1.54, 1.807) is 0 Å². The maximum atomic E-state index is 5.65. The van der Waals surface area contributed by atoms with Gasteiger partial charge in [0.2, 0.25) is 0 Å². The summed E-state index contributed by atoms with van der Waals surface area (Å²) in [7, 11) is 0. The van der Waals surface area contributed by atoms with Gasteiger partial charge in [0.15, 0.2) is 15.2 Å². The molecule has 0 fully saturated rings. The zero-order valence-electron chi connectivity index (χ0n) is 14.9. The molecule has 0 bridgehead atoms. The first-order valence-corrected chi connectivity index (χ1v) is 11.5. The molecule has 2 heteroatoms. The van der Waals surface area contributed by atoms with Crippen molar-refractivity contribution in [2.75, 3.05) is 13.2 Å². The summed E-state index contributed by atoms with van der Waals surface area (Å²) in [5, 5.41) is 0. The molecule has 0 rings (SSSR count). The summed E-state index contributed by atoms with van der Waals surface area (Å²) in [5.74, 6) is 4.42. The van der Waals surface area contributed by atoms with Gasteiger partial charge in [0.1, 0.15) is 0 Å². The lowest BCUT2D eigenvalue weighted by molar-refractivity contribution is 0.125. The Morgan fingerprint density at radius 1 is 0.550 bits per heavy atom. The SMILES string of the molecule is CCCCCCCCOCCCCCCCC.[CH3][Al][CH3]. The van der Waals surface area contributed by atoms with E-state index in [2.05, 4.69) is 25.4 Å². The Kier molecular flexibility index (Phi) is 27.9. The Bertz CT molecular complexity index is 125. The summed E-state index contributed by atoms with van der Waals surface area (Å²) in [4.78, 5) is 0. The molecular weight excluding hydrogens is 259 g/mol. The fourth-order valence-electron chi connectivity index (χ4n) is 2.07. The zero-order chi connectivity index (χ0) is 15.3. The molecule has 0 saturated heterocycles. The zero-order valence-corrected chi connectivity index (χ0v) is 16.0. The van der Waals surface area contributed by atoms with E-state index in [0.717, 1.165) is 28.4 Å². The van der Waals surface area contributed by atoms with E-state index in [1.165, 1.54) is 77.0 Å². The standard InChI is InChI=1S/C16H34O.2CH3.Al/c1-3-5-7-9-11-13-15-17-16-14-12-10-8-6-4-2;;;/h3-16H2,1-2H3;2*1H3;. The number of unbranched alkanes of at least 4 members (excludes halogenated alkanes) is 10. The molecule has 0 aliphatic heterocycles. The van der Waals surface area contributed by atoms with Gasteiger partial charge in [-0.25, -0.2) is 0 Å². The van der Waals surface area contributed by atoms with E-state index in [9.17, 15) is 0 Å². The summed E-state index contributed by atoms with van der Waals surface area (Å²) in [6.45, 7) is 6.51. The van der Waals surface area contributed by atoms with E-state index < -0.39 is 0 Å². The second-order valence-electron chi connectivity index (χ2n) is 5.73. The first-order valence-electron chi connectivity index (χ1n) is 9.15. The van der Waals surface area contributed by atoms with Gasteiger partial charge < -0.3 is 4.74 Å². The van der Waals surface area contributed by atoms with Gasteiger partial charge in [-0.3, -0.25) is 0 Å². The van der Waals surface area contributed by atoms with Crippen LogP contribution in [-0.2, 0) is 4.74 Å². The number of hydrogen-bond acceptors (Lipinski definition) is 1. The van der Waals surface area contributed by atoms with Crippen molar-refractivity contribution in [2.45, 2.75) is 102 Å². The summed E-state index contributed by atoms with van der Waals surface area (Å²) in [5.41, 5.74) is 0. The molecule has 1 radical (unpaired) electrons. The van der Waals surface area contributed by atoms with Crippen molar-refractivity contribution in [2.24, 2.45) is 0 Å². The van der Waals surface area contributed by atoms with E-state index in [4.69, 9.17) is 4.74 Å². The first-order chi connectivity index (χ1) is 9.83. The minimum absolute atomic E-state index is 0.750. The summed E-state index contributed by atoms with van der Waals surface area (Å²) in [6, 6.07) is 0. The van der Waals surface area contributed by atoms with Crippen LogP contribution in [0, 0.1) is 0 Å². The average molecular weight is 299 g/mol. The highest BCUT2D eigenvalue weighted by molar-refractivity contribution is 6.31. The van der Waals surface area contributed by atoms with Crippen molar-refractivity contribution in [3.8, 4) is 0 Å². The molecule has 121 valence electrons. The van der Waals surface area contributed by atoms with Crippen molar-refractivity contribution in [1.29, 1.82) is 0 Å². The van der Waals surface area contributed by atoms with Crippen LogP contribution < -0.4 is 0 Å². The van der Waals surface area contributed by atoms with Gasteiger partial charge in [0.05, 0.1) is 0 Å². The highest BCUT2D eigenvalue weighted by atomic mass is 27.1. The summed E-state index contributed by atoms with van der Waals surface area (Å²) < 4.78 is 5.65. The predicted octanol–water partition coefficient (Wildman–Crippen LogP) is 6.51. The van der Waals surface area contributed by atoms with Gasteiger partial charge >= 0.3 is 0 Å². The highest BCUT2D eigenvalue weighted by Crippen LogP contribution is 2.06. The second-order valence-corrected chi connectivity index (χ2v) is 6.88. The van der Waals surface area contributed by atoms with Crippen LogP contribution in [0.15, 0.2) is 0 Å². The van der Waals surface area contributed by atoms with Gasteiger partial charge in [0, 0.05) is 13.2 Å². The van der Waals surface area contributed by atoms with Gasteiger partial charge in [-0.15, -0.1) is 11.6 Å². The Balaban J connectivity index is 0. The third-order valence-corrected chi connectivity index (χ3v) is 3.28. The predicted molar refractivity (Wildman–Crippen MR) is 95.1 cm³/mol. The molecule has 0 spiro atoms. The smallest absolute Gasteiger partial charge is 0.191 e. The molecule has 0 unspecified atom stereocenters. The van der Waals surface area contributed by atoms with Crippen LogP contribution in [0.25, 0.3) is 0 Å². The molecular formula is C18H40AlO. The van der Waals surface area contributed by atoms with Crippen molar-refractivity contribution < 1.29 is 4.74 Å². The molecule has 1 nitrogen and oxygen atoms in total. The minimum atomic E-state index is 0.750. The maximum absolute atomic E-state index is 5.65. The topological polar surface area (TPSA) is 9.23 Å². The molecule has 20 heavy (non-hydrogen) atoms. The van der Waals surface area contributed by atoms with E-state index in [0.29, 0.717) is 0 Å². The molecule has 0 atom stereocenters. The van der Waals surface area contributed by atoms with Crippen LogP contribution in [0.1, 0.15) is 90.9 Å². The van der Waals surface area contributed by atoms with E-state index in [-0.39, 0.29) is 0 Å². The first kappa shape index (κ1) is 22.8. The molecule has 0 aromatic heterocycles. The quantitative estimate of drug-likeness (QED) is 0.262. The monoisotopic (exact) mass is 299 g/mol. The lowest BCUT2D eigenvalue weighted by atomic mass is 10.1. The highest BCUT2D eigenvalue weighted by Gasteiger charge is 1.92. The van der Waals surface area contributed by atoms with Crippen LogP contribution in [0.2, 0.25) is 11.6 Å². The van der Waals surface area contributed by atoms with Crippen LogP contribution in [0.4, 0.5) is 0 Å². The Morgan fingerprint density at radius 3 is 1.20 bits per heavy atom. The third kappa shape index (κ3) is 26.9. The summed E-state index contributed by atoms with van der Waals surface area (Å²) in [6.07, 6.45) is 16.3. The molecule has 0 aromatic rings. The second kappa shape index (κ2) is 24.5. The lowest BCUT2D eigenvalue weighted by Gasteiger charge is -2.04. The van der Waals surface area contributed by atoms with Gasteiger partial charge in [-0.2, -0.15) is 0 Å². The maximum Gasteiger partial charge on any atom is 0.191 e. The normalized spacial score (nSPS) is 10.0. The number of rotatable bonds is 14. The average Bonchev–Trinajstić information content (AvgIpc) is 2.45. The molecule has 0 aromatic carbocycles. The van der Waals surface area contributed by atoms with Gasteiger partial charge in [-0.1, -0.05) is 78.1 Å². The van der Waals surface area contributed by atoms with Gasteiger partial charge in [-0.05, 0) is 12.8 Å². The number of hydrogen-bond donors (Lipinski definition) is 0. The fourth-order valence-corrected chi connectivity index (χ4v) is 2.07. The molecule has 0 N–H and O–H groups in total. The van der Waals surface area contributed by atoms with E-state index >= 15 is 0 Å². The van der Waals surface area contributed by atoms with Crippen molar-refractivity contribution >= 4 is 15.2 Å². The third-order valence-electron chi connectivity index (χ3n) is 3.28. The van der Waals surface area contributed by atoms with Crippen LogP contribution in [0.3, 0.4) is 0 Å². The van der Waals surface area contributed by atoms with Gasteiger partial charge in [0.25, 0.3) is 0 Å². The molecule has 0 aliphatic carbocycles. The Hall–Kier alpha value is 0.492. The lowest BCUT2D eigenvalue weighted by Crippen LogP contribution is -1.97. The molecule has 0 aliphatic rings. The largest absolute Gasteiger partial charge is 0.381 e. The molecule has 0 amide bonds. The Morgan fingerprint density at radius 2 is 0.850 bits per heavy atom. The van der Waals surface area contributed by atoms with Crippen LogP contribution in [-0.4, -0.2) is 28.4 Å².